The summed E-state index contributed by atoms with van der Waals surface area (Å²) in [4.78, 5) is 35.8. The summed E-state index contributed by atoms with van der Waals surface area (Å²) < 4.78 is 7.13. The van der Waals surface area contributed by atoms with Gasteiger partial charge in [-0.25, -0.2) is 4.79 Å². The van der Waals surface area contributed by atoms with Gasteiger partial charge in [0.05, 0.1) is 6.61 Å². The van der Waals surface area contributed by atoms with Gasteiger partial charge in [0, 0.05) is 42.9 Å². The molecule has 7 heteroatoms. The van der Waals surface area contributed by atoms with Crippen molar-refractivity contribution in [1.82, 2.24) is 9.88 Å². The minimum absolute atomic E-state index is 0.127. The Kier molecular flexibility index (Phi) is 6.98. The fourth-order valence-electron chi connectivity index (χ4n) is 3.05. The maximum atomic E-state index is 12.5. The number of nitrogens with zero attached hydrogens (tertiary/aromatic N) is 1. The number of carbonyl (C=O) groups is 3. The van der Waals surface area contributed by atoms with Crippen LogP contribution >= 0.6 is 0 Å². The summed E-state index contributed by atoms with van der Waals surface area (Å²) in [5, 5.41) is 3.81. The molecule has 2 aromatic rings. The van der Waals surface area contributed by atoms with Gasteiger partial charge in [-0.05, 0) is 25.0 Å². The first-order chi connectivity index (χ1) is 12.8. The third kappa shape index (κ3) is 5.32. The van der Waals surface area contributed by atoms with Crippen molar-refractivity contribution >= 4 is 28.7 Å². The lowest BCUT2D eigenvalue weighted by Crippen LogP contribution is -2.45. The molecule has 0 radical (unpaired) electrons. The van der Waals surface area contributed by atoms with Gasteiger partial charge in [0.15, 0.2) is 0 Å². The van der Waals surface area contributed by atoms with E-state index in [4.69, 9.17) is 10.5 Å². The maximum Gasteiger partial charge on any atom is 0.328 e. The van der Waals surface area contributed by atoms with Crippen molar-refractivity contribution in [2.24, 2.45) is 18.7 Å². The number of benzene rings is 1. The third-order valence-electron chi connectivity index (χ3n) is 4.56. The van der Waals surface area contributed by atoms with E-state index >= 15 is 0 Å². The molecule has 0 aliphatic rings. The van der Waals surface area contributed by atoms with Crippen LogP contribution in [-0.4, -0.2) is 35.0 Å². The number of hydrogen-bond donors (Lipinski definition) is 2. The molecule has 1 heterocycles. The van der Waals surface area contributed by atoms with Gasteiger partial charge in [0.2, 0.25) is 11.8 Å². The fourth-order valence-corrected chi connectivity index (χ4v) is 3.05. The second kappa shape index (κ2) is 9.21. The Bertz CT molecular complexity index is 828. The molecule has 0 aliphatic heterocycles. The first kappa shape index (κ1) is 20.5. The number of nitrogens with one attached hydrogen (secondary N) is 1. The first-order valence-electron chi connectivity index (χ1n) is 9.11. The third-order valence-corrected chi connectivity index (χ3v) is 4.56. The van der Waals surface area contributed by atoms with Gasteiger partial charge in [0.1, 0.15) is 6.04 Å². The lowest BCUT2D eigenvalue weighted by Gasteiger charge is -2.19. The van der Waals surface area contributed by atoms with Crippen molar-refractivity contribution < 1.29 is 19.1 Å². The van der Waals surface area contributed by atoms with E-state index in [9.17, 15) is 14.4 Å². The van der Waals surface area contributed by atoms with Crippen molar-refractivity contribution in [3.8, 4) is 0 Å². The van der Waals surface area contributed by atoms with E-state index in [1.165, 1.54) is 0 Å². The number of primary amides is 1. The molecular weight excluding hydrogens is 346 g/mol. The standard InChI is InChI=1S/C20H27N3O4/c1-4-27-20(26)16(22-19(25)13(2)9-10-18(21)24)11-14-12-23(3)17-8-6-5-7-15(14)17/h5-8,12-13,16H,4,9-11H2,1-3H3,(H2,21,24)(H,22,25)/t13-,16+/m0/s1. The van der Waals surface area contributed by atoms with Crippen molar-refractivity contribution in [1.29, 1.82) is 0 Å². The average Bonchev–Trinajstić information content (AvgIpc) is 2.95. The molecule has 146 valence electrons. The number of rotatable bonds is 9. The molecule has 27 heavy (non-hydrogen) atoms. The highest BCUT2D eigenvalue weighted by molar-refractivity contribution is 5.88. The molecule has 0 saturated carbocycles. The zero-order valence-electron chi connectivity index (χ0n) is 16.0. The monoisotopic (exact) mass is 373 g/mol. The molecule has 2 amide bonds. The van der Waals surface area contributed by atoms with Crippen LogP contribution < -0.4 is 11.1 Å². The maximum absolute atomic E-state index is 12.5. The Morgan fingerprint density at radius 2 is 1.96 bits per heavy atom. The van der Waals surface area contributed by atoms with Crippen LogP contribution in [0.2, 0.25) is 0 Å². The summed E-state index contributed by atoms with van der Waals surface area (Å²) in [6.07, 6.45) is 2.75. The van der Waals surface area contributed by atoms with Gasteiger partial charge in [0.25, 0.3) is 0 Å². The summed E-state index contributed by atoms with van der Waals surface area (Å²) >= 11 is 0. The number of esters is 1. The molecule has 2 atom stereocenters. The van der Waals surface area contributed by atoms with Gasteiger partial charge in [-0.2, -0.15) is 0 Å². The number of fused-ring (bicyclic) bond motifs is 1. The molecule has 0 saturated heterocycles. The number of carbonyl (C=O) groups excluding carboxylic acids is 3. The van der Waals surface area contributed by atoms with E-state index < -0.39 is 23.8 Å². The molecule has 3 N–H and O–H groups in total. The zero-order valence-corrected chi connectivity index (χ0v) is 16.0. The molecule has 2 rings (SSSR count). The van der Waals surface area contributed by atoms with Crippen molar-refractivity contribution in [3.05, 3.63) is 36.0 Å². The number of aryl methyl sites for hydroxylation is 1. The van der Waals surface area contributed by atoms with Gasteiger partial charge in [-0.3, -0.25) is 9.59 Å². The topological polar surface area (TPSA) is 103 Å². The van der Waals surface area contributed by atoms with Gasteiger partial charge >= 0.3 is 5.97 Å². The van der Waals surface area contributed by atoms with E-state index in [0.29, 0.717) is 12.8 Å². The molecule has 0 spiro atoms. The van der Waals surface area contributed by atoms with Crippen molar-refractivity contribution in [2.45, 2.75) is 39.2 Å². The lowest BCUT2D eigenvalue weighted by molar-refractivity contribution is -0.147. The Balaban J connectivity index is 2.17. The lowest BCUT2D eigenvalue weighted by atomic mass is 10.0. The predicted octanol–water partition coefficient (Wildman–Crippen LogP) is 1.67. The normalized spacial score (nSPS) is 13.1. The number of aromatic nitrogens is 1. The van der Waals surface area contributed by atoms with Crippen LogP contribution in [0.4, 0.5) is 0 Å². The molecule has 0 fully saturated rings. The van der Waals surface area contributed by atoms with Crippen LogP contribution in [0.1, 0.15) is 32.3 Å². The number of para-hydroxylation sites is 1. The molecular formula is C20H27N3O4. The quantitative estimate of drug-likeness (QED) is 0.653. The van der Waals surface area contributed by atoms with Gasteiger partial charge in [-0.1, -0.05) is 25.1 Å². The molecule has 0 bridgehead atoms. The smallest absolute Gasteiger partial charge is 0.328 e. The predicted molar refractivity (Wildman–Crippen MR) is 103 cm³/mol. The minimum Gasteiger partial charge on any atom is -0.464 e. The van der Waals surface area contributed by atoms with Crippen LogP contribution in [-0.2, 0) is 32.6 Å². The molecule has 7 nitrogen and oxygen atoms in total. The highest BCUT2D eigenvalue weighted by Crippen LogP contribution is 2.22. The number of amides is 2. The van der Waals surface area contributed by atoms with Crippen LogP contribution in [0.3, 0.4) is 0 Å². The average molecular weight is 373 g/mol. The van der Waals surface area contributed by atoms with Crippen LogP contribution in [0.25, 0.3) is 10.9 Å². The fraction of sp³-hybridized carbons (Fsp3) is 0.450. The number of hydrogen-bond acceptors (Lipinski definition) is 4. The van der Waals surface area contributed by atoms with E-state index in [-0.39, 0.29) is 18.9 Å². The number of nitrogens with two attached hydrogens (primary N) is 1. The van der Waals surface area contributed by atoms with Crippen molar-refractivity contribution in [2.75, 3.05) is 6.61 Å². The van der Waals surface area contributed by atoms with Crippen LogP contribution in [0, 0.1) is 5.92 Å². The highest BCUT2D eigenvalue weighted by Gasteiger charge is 2.26. The zero-order chi connectivity index (χ0) is 20.0. The van der Waals surface area contributed by atoms with E-state index in [0.717, 1.165) is 16.5 Å². The number of ether oxygens (including phenoxy) is 1. The Hall–Kier alpha value is -2.83. The highest BCUT2D eigenvalue weighted by atomic mass is 16.5. The summed E-state index contributed by atoms with van der Waals surface area (Å²) in [5.41, 5.74) is 7.15. The second-order valence-electron chi connectivity index (χ2n) is 6.71. The largest absolute Gasteiger partial charge is 0.464 e. The van der Waals surface area contributed by atoms with E-state index in [1.54, 1.807) is 13.8 Å². The summed E-state index contributed by atoms with van der Waals surface area (Å²) in [6, 6.07) is 7.10. The summed E-state index contributed by atoms with van der Waals surface area (Å²) in [5.74, 6) is -1.65. The minimum atomic E-state index is -0.792. The molecule has 0 unspecified atom stereocenters. The molecule has 1 aromatic carbocycles. The Labute approximate surface area is 158 Å². The van der Waals surface area contributed by atoms with Crippen LogP contribution in [0.15, 0.2) is 30.5 Å². The van der Waals surface area contributed by atoms with Crippen molar-refractivity contribution in [3.63, 3.8) is 0 Å². The van der Waals surface area contributed by atoms with E-state index in [2.05, 4.69) is 5.32 Å². The second-order valence-corrected chi connectivity index (χ2v) is 6.71. The Morgan fingerprint density at radius 3 is 2.63 bits per heavy atom. The SMILES string of the molecule is CCOC(=O)[C@@H](Cc1cn(C)c2ccccc12)NC(=O)[C@@H](C)CCC(N)=O. The van der Waals surface area contributed by atoms with Gasteiger partial charge in [-0.15, -0.1) is 0 Å². The summed E-state index contributed by atoms with van der Waals surface area (Å²) in [7, 11) is 1.94. The Morgan fingerprint density at radius 1 is 1.26 bits per heavy atom. The van der Waals surface area contributed by atoms with Gasteiger partial charge < -0.3 is 20.4 Å². The summed E-state index contributed by atoms with van der Waals surface area (Å²) in [6.45, 7) is 3.67. The van der Waals surface area contributed by atoms with E-state index in [1.807, 2.05) is 42.1 Å². The molecule has 1 aromatic heterocycles. The molecule has 0 aliphatic carbocycles. The van der Waals surface area contributed by atoms with Crippen LogP contribution in [0.5, 0.6) is 0 Å². The first-order valence-corrected chi connectivity index (χ1v) is 9.11.